The maximum absolute atomic E-state index is 5.25. The van der Waals surface area contributed by atoms with E-state index in [-0.39, 0.29) is 0 Å². The lowest BCUT2D eigenvalue weighted by Crippen LogP contribution is -2.41. The van der Waals surface area contributed by atoms with Crippen LogP contribution in [0.15, 0.2) is 10.7 Å². The van der Waals surface area contributed by atoms with Crippen LogP contribution >= 0.6 is 15.9 Å². The molecule has 0 bridgehead atoms. The molecule has 0 aromatic carbocycles. The van der Waals surface area contributed by atoms with Gasteiger partial charge in [-0.3, -0.25) is 4.90 Å². The zero-order valence-electron chi connectivity index (χ0n) is 11.9. The van der Waals surface area contributed by atoms with Crippen molar-refractivity contribution >= 4 is 21.9 Å². The summed E-state index contributed by atoms with van der Waals surface area (Å²) in [6.45, 7) is 4.57. The van der Waals surface area contributed by atoms with Crippen molar-refractivity contribution in [3.63, 3.8) is 0 Å². The highest BCUT2D eigenvalue weighted by atomic mass is 79.9. The number of likely N-dealkylation sites (tertiary alicyclic amines) is 1. The largest absolute Gasteiger partial charge is 0.480 e. The molecule has 5 nitrogen and oxygen atoms in total. The molecule has 0 N–H and O–H groups in total. The van der Waals surface area contributed by atoms with Gasteiger partial charge in [-0.05, 0) is 48.3 Å². The second kappa shape index (κ2) is 6.26. The number of methoxy groups -OCH3 is 1. The average Bonchev–Trinajstić information content (AvgIpc) is 2.98. The number of halogens is 1. The third-order valence-electron chi connectivity index (χ3n) is 4.25. The first-order valence-corrected chi connectivity index (χ1v) is 8.13. The first kappa shape index (κ1) is 14.1. The lowest BCUT2D eigenvalue weighted by molar-refractivity contribution is 0.174. The lowest BCUT2D eigenvalue weighted by atomic mass is 10.1. The molecule has 0 amide bonds. The predicted octanol–water partition coefficient (Wildman–Crippen LogP) is 2.31. The lowest BCUT2D eigenvalue weighted by Gasteiger charge is -2.32. The van der Waals surface area contributed by atoms with Crippen molar-refractivity contribution in [1.29, 1.82) is 0 Å². The van der Waals surface area contributed by atoms with E-state index in [2.05, 4.69) is 35.7 Å². The minimum Gasteiger partial charge on any atom is -0.480 e. The molecular weight excluding hydrogens is 320 g/mol. The third-order valence-corrected chi connectivity index (χ3v) is 4.79. The van der Waals surface area contributed by atoms with Crippen LogP contribution < -0.4 is 9.64 Å². The smallest absolute Gasteiger partial charge is 0.232 e. The van der Waals surface area contributed by atoms with Crippen molar-refractivity contribution in [2.45, 2.75) is 31.7 Å². The molecule has 2 aliphatic rings. The molecule has 2 fully saturated rings. The van der Waals surface area contributed by atoms with E-state index in [4.69, 9.17) is 4.74 Å². The normalized spacial score (nSPS) is 24.1. The van der Waals surface area contributed by atoms with Gasteiger partial charge < -0.3 is 9.64 Å². The first-order valence-electron chi connectivity index (χ1n) is 7.33. The van der Waals surface area contributed by atoms with Gasteiger partial charge in [0.25, 0.3) is 0 Å². The second-order valence-corrected chi connectivity index (χ2v) is 6.37. The maximum Gasteiger partial charge on any atom is 0.232 e. The van der Waals surface area contributed by atoms with Crippen molar-refractivity contribution in [2.75, 3.05) is 38.2 Å². The summed E-state index contributed by atoms with van der Waals surface area (Å²) in [5.74, 6) is 1.39. The van der Waals surface area contributed by atoms with Crippen LogP contribution in [-0.4, -0.2) is 54.2 Å². The van der Waals surface area contributed by atoms with Crippen LogP contribution in [0.1, 0.15) is 25.7 Å². The minimum atomic E-state index is 0.608. The van der Waals surface area contributed by atoms with Gasteiger partial charge in [-0.15, -0.1) is 0 Å². The van der Waals surface area contributed by atoms with Gasteiger partial charge in [0.05, 0.1) is 17.8 Å². The topological polar surface area (TPSA) is 41.5 Å². The van der Waals surface area contributed by atoms with E-state index in [0.717, 1.165) is 23.5 Å². The van der Waals surface area contributed by atoms with Crippen LogP contribution in [0.4, 0.5) is 5.95 Å². The Hall–Kier alpha value is -0.880. The van der Waals surface area contributed by atoms with E-state index in [1.54, 1.807) is 13.3 Å². The van der Waals surface area contributed by atoms with Crippen molar-refractivity contribution in [3.8, 4) is 5.88 Å². The SMILES string of the molecule is COc1nc(N2CCC(N3CCCCC3)C2)ncc1Br. The van der Waals surface area contributed by atoms with Crippen LogP contribution in [-0.2, 0) is 0 Å². The minimum absolute atomic E-state index is 0.608. The van der Waals surface area contributed by atoms with Crippen LogP contribution in [0.3, 0.4) is 0 Å². The Balaban J connectivity index is 1.67. The fourth-order valence-electron chi connectivity index (χ4n) is 3.14. The summed E-state index contributed by atoms with van der Waals surface area (Å²) in [4.78, 5) is 13.8. The molecule has 0 spiro atoms. The number of anilines is 1. The molecule has 2 aliphatic heterocycles. The van der Waals surface area contributed by atoms with Gasteiger partial charge >= 0.3 is 0 Å². The summed E-state index contributed by atoms with van der Waals surface area (Å²) in [7, 11) is 1.64. The summed E-state index contributed by atoms with van der Waals surface area (Å²) >= 11 is 3.40. The Morgan fingerprint density at radius 3 is 2.80 bits per heavy atom. The number of nitrogens with zero attached hydrogens (tertiary/aromatic N) is 4. The molecule has 1 aromatic rings. The monoisotopic (exact) mass is 340 g/mol. The highest BCUT2D eigenvalue weighted by Gasteiger charge is 2.29. The summed E-state index contributed by atoms with van der Waals surface area (Å²) in [5, 5.41) is 0. The van der Waals surface area contributed by atoms with Gasteiger partial charge in [-0.1, -0.05) is 6.42 Å². The fraction of sp³-hybridized carbons (Fsp3) is 0.714. The molecule has 1 aromatic heterocycles. The molecule has 2 saturated heterocycles. The molecule has 0 saturated carbocycles. The second-order valence-electron chi connectivity index (χ2n) is 5.51. The number of aromatic nitrogens is 2. The Labute approximate surface area is 128 Å². The van der Waals surface area contributed by atoms with Crippen molar-refractivity contribution < 1.29 is 4.74 Å². The highest BCUT2D eigenvalue weighted by Crippen LogP contribution is 2.27. The quantitative estimate of drug-likeness (QED) is 0.844. The number of hydrogen-bond acceptors (Lipinski definition) is 5. The van der Waals surface area contributed by atoms with E-state index in [1.807, 2.05) is 0 Å². The van der Waals surface area contributed by atoms with E-state index in [9.17, 15) is 0 Å². The molecule has 3 heterocycles. The Kier molecular flexibility index (Phi) is 4.41. The van der Waals surface area contributed by atoms with E-state index >= 15 is 0 Å². The molecule has 0 aliphatic carbocycles. The third kappa shape index (κ3) is 2.91. The van der Waals surface area contributed by atoms with Gasteiger partial charge in [-0.25, -0.2) is 4.98 Å². The highest BCUT2D eigenvalue weighted by molar-refractivity contribution is 9.10. The zero-order valence-corrected chi connectivity index (χ0v) is 13.5. The molecule has 20 heavy (non-hydrogen) atoms. The number of piperidine rings is 1. The van der Waals surface area contributed by atoms with Crippen LogP contribution in [0, 0.1) is 0 Å². The van der Waals surface area contributed by atoms with E-state index in [0.29, 0.717) is 11.9 Å². The molecule has 6 heteroatoms. The van der Waals surface area contributed by atoms with Gasteiger partial charge in [0.2, 0.25) is 11.8 Å². The average molecular weight is 341 g/mol. The van der Waals surface area contributed by atoms with Crippen molar-refractivity contribution in [2.24, 2.45) is 0 Å². The number of hydrogen-bond donors (Lipinski definition) is 0. The summed E-state index contributed by atoms with van der Waals surface area (Å²) < 4.78 is 6.05. The standard InChI is InChI=1S/C14H21BrN4O/c1-20-13-12(15)9-16-14(17-13)19-8-5-11(10-19)18-6-3-2-4-7-18/h9,11H,2-8,10H2,1H3. The molecule has 1 unspecified atom stereocenters. The van der Waals surface area contributed by atoms with Gasteiger partial charge in [0.15, 0.2) is 0 Å². The molecule has 1 atom stereocenters. The Morgan fingerprint density at radius 1 is 1.25 bits per heavy atom. The molecule has 3 rings (SSSR count). The maximum atomic E-state index is 5.25. The molecule has 0 radical (unpaired) electrons. The van der Waals surface area contributed by atoms with Crippen LogP contribution in [0.25, 0.3) is 0 Å². The first-order chi connectivity index (χ1) is 9.78. The number of ether oxygens (including phenoxy) is 1. The van der Waals surface area contributed by atoms with Crippen LogP contribution in [0.5, 0.6) is 5.88 Å². The van der Waals surface area contributed by atoms with Gasteiger partial charge in [0, 0.05) is 19.1 Å². The summed E-state index contributed by atoms with van der Waals surface area (Å²) in [6, 6.07) is 0.661. The fourth-order valence-corrected chi connectivity index (χ4v) is 3.50. The van der Waals surface area contributed by atoms with Crippen molar-refractivity contribution in [3.05, 3.63) is 10.7 Å². The van der Waals surface area contributed by atoms with Gasteiger partial charge in [-0.2, -0.15) is 4.98 Å². The summed E-state index contributed by atoms with van der Waals surface area (Å²) in [6.07, 6.45) is 7.06. The summed E-state index contributed by atoms with van der Waals surface area (Å²) in [5.41, 5.74) is 0. The molecular formula is C14H21BrN4O. The Morgan fingerprint density at radius 2 is 2.05 bits per heavy atom. The van der Waals surface area contributed by atoms with E-state index in [1.165, 1.54) is 38.8 Å². The Bertz CT molecular complexity index is 464. The zero-order chi connectivity index (χ0) is 13.9. The van der Waals surface area contributed by atoms with Crippen LogP contribution in [0.2, 0.25) is 0 Å². The predicted molar refractivity (Wildman–Crippen MR) is 82.3 cm³/mol. The van der Waals surface area contributed by atoms with Gasteiger partial charge in [0.1, 0.15) is 0 Å². The molecule has 110 valence electrons. The van der Waals surface area contributed by atoms with E-state index < -0.39 is 0 Å². The van der Waals surface area contributed by atoms with Crippen molar-refractivity contribution in [1.82, 2.24) is 14.9 Å². The number of rotatable bonds is 3.